The summed E-state index contributed by atoms with van der Waals surface area (Å²) in [6.45, 7) is 1.76. The number of aliphatic carboxylic acids is 1. The van der Waals surface area contributed by atoms with Crippen LogP contribution in [0.1, 0.15) is 19.8 Å². The van der Waals surface area contributed by atoms with Gasteiger partial charge in [0.1, 0.15) is 12.1 Å². The van der Waals surface area contributed by atoms with E-state index in [1.54, 1.807) is 6.92 Å². The minimum absolute atomic E-state index is 0.136. The number of ether oxygens (including phenoxy) is 1. The highest BCUT2D eigenvalue weighted by molar-refractivity contribution is 7.98. The molecule has 1 aliphatic heterocycles. The Kier molecular flexibility index (Phi) is 6.47. The number of esters is 1. The zero-order valence-corrected chi connectivity index (χ0v) is 12.6. The smallest absolute Gasteiger partial charge is 0.329 e. The van der Waals surface area contributed by atoms with Crippen molar-refractivity contribution in [2.24, 2.45) is 0 Å². The van der Waals surface area contributed by atoms with Gasteiger partial charge < -0.3 is 15.2 Å². The van der Waals surface area contributed by atoms with Gasteiger partial charge in [-0.15, -0.1) is 0 Å². The molecule has 118 valence electrons. The van der Waals surface area contributed by atoms with Gasteiger partial charge in [-0.05, 0) is 25.4 Å². The number of carbonyl (C=O) groups is 4. The molecular formula is C12H18N2O6S. The molecule has 21 heavy (non-hydrogen) atoms. The summed E-state index contributed by atoms with van der Waals surface area (Å²) in [4.78, 5) is 47.4. The first kappa shape index (κ1) is 17.3. The molecule has 8 nitrogen and oxygen atoms in total. The van der Waals surface area contributed by atoms with Crippen molar-refractivity contribution >= 4 is 35.6 Å². The SMILES string of the molecule is CCOC(=O)C(CCSC)N1C(=O)N[C@@H](CC(=O)O)C1=O. The van der Waals surface area contributed by atoms with Crippen LogP contribution in [0.15, 0.2) is 0 Å². The van der Waals surface area contributed by atoms with Gasteiger partial charge in [0.25, 0.3) is 5.91 Å². The van der Waals surface area contributed by atoms with Crippen molar-refractivity contribution in [2.45, 2.75) is 31.8 Å². The highest BCUT2D eigenvalue weighted by Gasteiger charge is 2.45. The monoisotopic (exact) mass is 318 g/mol. The third-order valence-electron chi connectivity index (χ3n) is 2.90. The van der Waals surface area contributed by atoms with Gasteiger partial charge in [0, 0.05) is 0 Å². The fourth-order valence-corrected chi connectivity index (χ4v) is 2.44. The van der Waals surface area contributed by atoms with Crippen LogP contribution in [0.3, 0.4) is 0 Å². The largest absolute Gasteiger partial charge is 0.481 e. The lowest BCUT2D eigenvalue weighted by Crippen LogP contribution is -2.47. The van der Waals surface area contributed by atoms with E-state index in [1.807, 2.05) is 6.26 Å². The van der Waals surface area contributed by atoms with Crippen molar-refractivity contribution in [1.82, 2.24) is 10.2 Å². The number of rotatable bonds is 8. The molecule has 2 atom stereocenters. The number of urea groups is 1. The van der Waals surface area contributed by atoms with Crippen molar-refractivity contribution in [3.63, 3.8) is 0 Å². The van der Waals surface area contributed by atoms with Gasteiger partial charge in [0.05, 0.1) is 13.0 Å². The van der Waals surface area contributed by atoms with Gasteiger partial charge in [-0.3, -0.25) is 9.59 Å². The van der Waals surface area contributed by atoms with E-state index in [0.29, 0.717) is 5.75 Å². The molecule has 0 spiro atoms. The number of imide groups is 1. The maximum Gasteiger partial charge on any atom is 0.329 e. The molecular weight excluding hydrogens is 300 g/mol. The number of amides is 3. The van der Waals surface area contributed by atoms with Gasteiger partial charge in [-0.25, -0.2) is 14.5 Å². The Hall–Kier alpha value is -1.77. The average Bonchev–Trinajstić information content (AvgIpc) is 2.66. The summed E-state index contributed by atoms with van der Waals surface area (Å²) in [5.41, 5.74) is 0. The second-order valence-electron chi connectivity index (χ2n) is 4.36. The van der Waals surface area contributed by atoms with Crippen molar-refractivity contribution in [3.8, 4) is 0 Å². The minimum Gasteiger partial charge on any atom is -0.481 e. The minimum atomic E-state index is -1.20. The summed E-state index contributed by atoms with van der Waals surface area (Å²) in [5, 5.41) is 11.0. The second-order valence-corrected chi connectivity index (χ2v) is 5.34. The Morgan fingerprint density at radius 1 is 1.48 bits per heavy atom. The summed E-state index contributed by atoms with van der Waals surface area (Å²) in [6, 6.07) is -2.92. The Morgan fingerprint density at radius 3 is 2.67 bits per heavy atom. The van der Waals surface area contributed by atoms with E-state index >= 15 is 0 Å². The molecule has 0 aliphatic carbocycles. The first-order valence-corrected chi connectivity index (χ1v) is 7.82. The van der Waals surface area contributed by atoms with Crippen LogP contribution in [-0.2, 0) is 19.1 Å². The molecule has 1 saturated heterocycles. The first-order chi connectivity index (χ1) is 9.92. The van der Waals surface area contributed by atoms with Crippen LogP contribution in [0.2, 0.25) is 0 Å². The fraction of sp³-hybridized carbons (Fsp3) is 0.667. The number of nitrogens with one attached hydrogen (secondary N) is 1. The zero-order chi connectivity index (χ0) is 16.0. The number of nitrogens with zero attached hydrogens (tertiary/aromatic N) is 1. The van der Waals surface area contributed by atoms with Gasteiger partial charge in [-0.1, -0.05) is 0 Å². The van der Waals surface area contributed by atoms with Crippen molar-refractivity contribution in [3.05, 3.63) is 0 Å². The van der Waals surface area contributed by atoms with Crippen molar-refractivity contribution in [1.29, 1.82) is 0 Å². The summed E-state index contributed by atoms with van der Waals surface area (Å²) in [5.74, 6) is -2.01. The third kappa shape index (κ3) is 4.35. The second kappa shape index (κ2) is 7.87. The van der Waals surface area contributed by atoms with Crippen LogP contribution in [0.5, 0.6) is 0 Å². The molecule has 1 aliphatic rings. The topological polar surface area (TPSA) is 113 Å². The lowest BCUT2D eigenvalue weighted by atomic mass is 10.1. The number of thioether (sulfide) groups is 1. The summed E-state index contributed by atoms with van der Waals surface area (Å²) < 4.78 is 4.89. The van der Waals surface area contributed by atoms with Crippen LogP contribution >= 0.6 is 11.8 Å². The molecule has 1 unspecified atom stereocenters. The molecule has 3 amide bonds. The van der Waals surface area contributed by atoms with E-state index in [2.05, 4.69) is 5.32 Å². The third-order valence-corrected chi connectivity index (χ3v) is 3.54. The quantitative estimate of drug-likeness (QED) is 0.481. The van der Waals surface area contributed by atoms with E-state index in [9.17, 15) is 19.2 Å². The predicted molar refractivity (Wildman–Crippen MR) is 74.8 cm³/mol. The van der Waals surface area contributed by atoms with E-state index in [1.165, 1.54) is 11.8 Å². The highest BCUT2D eigenvalue weighted by Crippen LogP contribution is 2.18. The molecule has 0 aromatic heterocycles. The van der Waals surface area contributed by atoms with Gasteiger partial charge in [0.2, 0.25) is 0 Å². The molecule has 0 bridgehead atoms. The maximum absolute atomic E-state index is 12.1. The number of carbonyl (C=O) groups excluding carboxylic acids is 3. The molecule has 2 N–H and O–H groups in total. The highest BCUT2D eigenvalue weighted by atomic mass is 32.2. The van der Waals surface area contributed by atoms with E-state index in [0.717, 1.165) is 4.90 Å². The molecule has 0 radical (unpaired) electrons. The van der Waals surface area contributed by atoms with Crippen LogP contribution < -0.4 is 5.32 Å². The Balaban J connectivity index is 2.90. The molecule has 1 rings (SSSR count). The standard InChI is InChI=1S/C12H18N2O6S/c1-3-20-11(18)8(4-5-21-2)14-10(17)7(6-9(15)16)13-12(14)19/h7-8H,3-6H2,1-2H3,(H,13,19)(H,15,16)/t7-,8?/m0/s1. The normalized spacial score (nSPS) is 19.3. The molecule has 9 heteroatoms. The number of hydrogen-bond acceptors (Lipinski definition) is 6. The number of carboxylic acid groups (broad SMARTS) is 1. The molecule has 1 heterocycles. The van der Waals surface area contributed by atoms with Crippen LogP contribution in [-0.4, -0.2) is 64.6 Å². The molecule has 0 aromatic carbocycles. The molecule has 0 aromatic rings. The van der Waals surface area contributed by atoms with Crippen LogP contribution in [0, 0.1) is 0 Å². The lowest BCUT2D eigenvalue weighted by Gasteiger charge is -2.23. The summed E-state index contributed by atoms with van der Waals surface area (Å²) >= 11 is 1.47. The first-order valence-electron chi connectivity index (χ1n) is 6.43. The molecule has 1 fully saturated rings. The molecule has 0 saturated carbocycles. The van der Waals surface area contributed by atoms with Crippen LogP contribution in [0.4, 0.5) is 4.79 Å². The summed E-state index contributed by atoms with van der Waals surface area (Å²) in [6.07, 6.45) is 1.58. The lowest BCUT2D eigenvalue weighted by molar-refractivity contribution is -0.152. The number of hydrogen-bond donors (Lipinski definition) is 2. The van der Waals surface area contributed by atoms with Gasteiger partial charge in [0.15, 0.2) is 0 Å². The Labute approximate surface area is 126 Å². The Morgan fingerprint density at radius 2 is 2.14 bits per heavy atom. The maximum atomic E-state index is 12.1. The zero-order valence-electron chi connectivity index (χ0n) is 11.8. The van der Waals surface area contributed by atoms with Gasteiger partial charge >= 0.3 is 18.0 Å². The van der Waals surface area contributed by atoms with Crippen molar-refractivity contribution < 1.29 is 29.0 Å². The van der Waals surface area contributed by atoms with E-state index in [4.69, 9.17) is 9.84 Å². The number of carboxylic acids is 1. The Bertz CT molecular complexity index is 441. The van der Waals surface area contributed by atoms with Crippen LogP contribution in [0.25, 0.3) is 0 Å². The van der Waals surface area contributed by atoms with Gasteiger partial charge in [-0.2, -0.15) is 11.8 Å². The van der Waals surface area contributed by atoms with E-state index in [-0.39, 0.29) is 13.0 Å². The fourth-order valence-electron chi connectivity index (χ4n) is 1.98. The summed E-state index contributed by atoms with van der Waals surface area (Å²) in [7, 11) is 0. The van der Waals surface area contributed by atoms with Crippen molar-refractivity contribution in [2.75, 3.05) is 18.6 Å². The van der Waals surface area contributed by atoms with E-state index < -0.39 is 42.4 Å². The average molecular weight is 318 g/mol. The predicted octanol–water partition coefficient (Wildman–Crippen LogP) is 0.0663.